The predicted octanol–water partition coefficient (Wildman–Crippen LogP) is 3.51. The van der Waals surface area contributed by atoms with Crippen LogP contribution in [0.3, 0.4) is 0 Å². The summed E-state index contributed by atoms with van der Waals surface area (Å²) in [5.41, 5.74) is 1.75. The Morgan fingerprint density at radius 2 is 1.31 bits per heavy atom. The fraction of sp³-hybridized carbons (Fsp3) is 0.375. The first-order chi connectivity index (χ1) is 15.6. The number of hydrogen-bond donors (Lipinski definition) is 3. The van der Waals surface area contributed by atoms with Crippen LogP contribution in [-0.4, -0.2) is 37.2 Å². The lowest BCUT2D eigenvalue weighted by molar-refractivity contribution is -0.123. The number of ether oxygens (including phenoxy) is 2. The van der Waals surface area contributed by atoms with Gasteiger partial charge in [-0.3, -0.25) is 4.79 Å². The lowest BCUT2D eigenvalue weighted by Crippen LogP contribution is -2.48. The summed E-state index contributed by atoms with van der Waals surface area (Å²) < 4.78 is 10.3. The monoisotopic (exact) mass is 441 g/mol. The van der Waals surface area contributed by atoms with Crippen LogP contribution in [0.1, 0.15) is 37.3 Å². The van der Waals surface area contributed by atoms with Crippen molar-refractivity contribution in [3.63, 3.8) is 0 Å². The molecule has 0 aliphatic rings. The molecule has 0 saturated carbocycles. The average molecular weight is 442 g/mol. The van der Waals surface area contributed by atoms with Crippen molar-refractivity contribution in [2.75, 3.05) is 13.1 Å². The normalized spacial score (nSPS) is 11.2. The smallest absolute Gasteiger partial charge is 0.408 e. The van der Waals surface area contributed by atoms with Gasteiger partial charge in [0.1, 0.15) is 19.3 Å². The summed E-state index contributed by atoms with van der Waals surface area (Å²) in [6.45, 7) is 2.73. The Hall–Kier alpha value is -3.55. The molecule has 2 rings (SSSR count). The van der Waals surface area contributed by atoms with Crippen molar-refractivity contribution < 1.29 is 23.9 Å². The minimum atomic E-state index is -0.705. The molecule has 8 nitrogen and oxygen atoms in total. The van der Waals surface area contributed by atoms with E-state index in [1.54, 1.807) is 0 Å². The third kappa shape index (κ3) is 9.97. The number of carbonyl (C=O) groups excluding carboxylic acids is 3. The summed E-state index contributed by atoms with van der Waals surface area (Å²) >= 11 is 0. The van der Waals surface area contributed by atoms with Gasteiger partial charge in [-0.05, 0) is 17.5 Å². The summed E-state index contributed by atoms with van der Waals surface area (Å²) in [7, 11) is 0. The molecule has 0 spiro atoms. The summed E-state index contributed by atoms with van der Waals surface area (Å²) in [6.07, 6.45) is 0.955. The fourth-order valence-corrected chi connectivity index (χ4v) is 2.83. The second kappa shape index (κ2) is 14.5. The van der Waals surface area contributed by atoms with E-state index in [1.165, 1.54) is 0 Å². The quantitative estimate of drug-likeness (QED) is 0.437. The minimum Gasteiger partial charge on any atom is -0.445 e. The number of alkyl carbamates (subject to hydrolysis) is 2. The summed E-state index contributed by atoms with van der Waals surface area (Å²) in [4.78, 5) is 36.4. The van der Waals surface area contributed by atoms with Gasteiger partial charge < -0.3 is 25.4 Å². The zero-order valence-corrected chi connectivity index (χ0v) is 18.3. The van der Waals surface area contributed by atoms with Crippen molar-refractivity contribution in [2.45, 2.75) is 45.4 Å². The molecule has 3 amide bonds. The van der Waals surface area contributed by atoms with Crippen molar-refractivity contribution in [3.8, 4) is 0 Å². The van der Waals surface area contributed by atoms with E-state index in [4.69, 9.17) is 9.47 Å². The molecule has 3 N–H and O–H groups in total. The van der Waals surface area contributed by atoms with Gasteiger partial charge in [-0.2, -0.15) is 0 Å². The second-order valence-corrected chi connectivity index (χ2v) is 7.18. The largest absolute Gasteiger partial charge is 0.445 e. The molecule has 32 heavy (non-hydrogen) atoms. The third-order valence-corrected chi connectivity index (χ3v) is 4.57. The number of unbranched alkanes of at least 4 members (excludes halogenated alkanes) is 1. The van der Waals surface area contributed by atoms with E-state index in [-0.39, 0.29) is 32.2 Å². The van der Waals surface area contributed by atoms with E-state index in [0.717, 1.165) is 24.0 Å². The first-order valence-electron chi connectivity index (χ1n) is 10.8. The van der Waals surface area contributed by atoms with Crippen molar-refractivity contribution >= 4 is 18.1 Å². The molecule has 172 valence electrons. The molecule has 2 aromatic carbocycles. The minimum absolute atomic E-state index is 0.129. The van der Waals surface area contributed by atoms with Crippen LogP contribution in [0.25, 0.3) is 0 Å². The Kier molecular flexibility index (Phi) is 11.2. The van der Waals surface area contributed by atoms with Crippen LogP contribution >= 0.6 is 0 Å². The van der Waals surface area contributed by atoms with Gasteiger partial charge in [0.15, 0.2) is 0 Å². The predicted molar refractivity (Wildman–Crippen MR) is 121 cm³/mol. The van der Waals surface area contributed by atoms with Gasteiger partial charge in [0.2, 0.25) is 5.91 Å². The zero-order valence-electron chi connectivity index (χ0n) is 18.3. The molecular formula is C24H31N3O5. The summed E-state index contributed by atoms with van der Waals surface area (Å²) in [5, 5.41) is 7.93. The van der Waals surface area contributed by atoms with E-state index in [1.807, 2.05) is 67.6 Å². The molecule has 0 saturated heterocycles. The van der Waals surface area contributed by atoms with Gasteiger partial charge in [0.25, 0.3) is 0 Å². The zero-order chi connectivity index (χ0) is 23.0. The van der Waals surface area contributed by atoms with E-state index < -0.39 is 18.2 Å². The number of benzene rings is 2. The number of rotatable bonds is 12. The Morgan fingerprint density at radius 3 is 1.88 bits per heavy atom. The summed E-state index contributed by atoms with van der Waals surface area (Å²) in [6, 6.07) is 18.0. The first-order valence-corrected chi connectivity index (χ1v) is 10.8. The second-order valence-electron chi connectivity index (χ2n) is 7.18. The SMILES string of the molecule is CCCCC(NC(=O)OCc1ccccc1)C(=O)NCCNC(=O)OCc1ccccc1. The van der Waals surface area contributed by atoms with Crippen LogP contribution in [0.2, 0.25) is 0 Å². The van der Waals surface area contributed by atoms with Crippen molar-refractivity contribution in [1.82, 2.24) is 16.0 Å². The van der Waals surface area contributed by atoms with Crippen LogP contribution in [0.5, 0.6) is 0 Å². The molecular weight excluding hydrogens is 410 g/mol. The Bertz CT molecular complexity index is 830. The maximum absolute atomic E-state index is 12.5. The average Bonchev–Trinajstić information content (AvgIpc) is 2.83. The van der Waals surface area contributed by atoms with Crippen molar-refractivity contribution in [1.29, 1.82) is 0 Å². The van der Waals surface area contributed by atoms with Gasteiger partial charge in [-0.15, -0.1) is 0 Å². The Morgan fingerprint density at radius 1 is 0.781 bits per heavy atom. The number of amides is 3. The lowest BCUT2D eigenvalue weighted by Gasteiger charge is -2.18. The van der Waals surface area contributed by atoms with E-state index >= 15 is 0 Å². The molecule has 0 aliphatic heterocycles. The molecule has 0 aliphatic carbocycles. The third-order valence-electron chi connectivity index (χ3n) is 4.57. The highest BCUT2D eigenvalue weighted by Gasteiger charge is 2.20. The molecule has 0 aromatic heterocycles. The van der Waals surface area contributed by atoms with Crippen molar-refractivity contribution in [2.24, 2.45) is 0 Å². The molecule has 2 aromatic rings. The lowest BCUT2D eigenvalue weighted by atomic mass is 10.1. The maximum atomic E-state index is 12.5. The topological polar surface area (TPSA) is 106 Å². The molecule has 0 radical (unpaired) electrons. The number of hydrogen-bond acceptors (Lipinski definition) is 5. The Balaban J connectivity index is 1.68. The van der Waals surface area contributed by atoms with Crippen LogP contribution in [0, 0.1) is 0 Å². The van der Waals surface area contributed by atoms with Crippen LogP contribution in [-0.2, 0) is 27.5 Å². The van der Waals surface area contributed by atoms with Gasteiger partial charge in [0.05, 0.1) is 0 Å². The number of carbonyl (C=O) groups is 3. The molecule has 0 bridgehead atoms. The van der Waals surface area contributed by atoms with Crippen LogP contribution in [0.15, 0.2) is 60.7 Å². The maximum Gasteiger partial charge on any atom is 0.408 e. The highest BCUT2D eigenvalue weighted by atomic mass is 16.6. The van der Waals surface area contributed by atoms with Gasteiger partial charge in [-0.1, -0.05) is 80.4 Å². The highest BCUT2D eigenvalue weighted by molar-refractivity contribution is 5.85. The van der Waals surface area contributed by atoms with E-state index in [0.29, 0.717) is 6.42 Å². The van der Waals surface area contributed by atoms with Crippen LogP contribution < -0.4 is 16.0 Å². The van der Waals surface area contributed by atoms with Gasteiger partial charge in [-0.25, -0.2) is 9.59 Å². The highest BCUT2D eigenvalue weighted by Crippen LogP contribution is 2.04. The molecule has 8 heteroatoms. The number of nitrogens with one attached hydrogen (secondary N) is 3. The molecule has 1 unspecified atom stereocenters. The van der Waals surface area contributed by atoms with Crippen molar-refractivity contribution in [3.05, 3.63) is 71.8 Å². The molecule has 1 atom stereocenters. The Labute approximate surface area is 188 Å². The van der Waals surface area contributed by atoms with Gasteiger partial charge >= 0.3 is 12.2 Å². The standard InChI is InChI=1S/C24H31N3O5/c1-2-3-14-21(27-24(30)32-18-20-12-8-5-9-13-20)22(28)25-15-16-26-23(29)31-17-19-10-6-4-7-11-19/h4-13,21H,2-3,14-18H2,1H3,(H,25,28)(H,26,29)(H,27,30). The van der Waals surface area contributed by atoms with E-state index in [2.05, 4.69) is 16.0 Å². The molecule has 0 fully saturated rings. The summed E-state index contributed by atoms with van der Waals surface area (Å²) in [5.74, 6) is -0.324. The fourth-order valence-electron chi connectivity index (χ4n) is 2.83. The first kappa shape index (κ1) is 24.7. The van der Waals surface area contributed by atoms with E-state index in [9.17, 15) is 14.4 Å². The van der Waals surface area contributed by atoms with Crippen LogP contribution in [0.4, 0.5) is 9.59 Å². The molecule has 0 heterocycles. The van der Waals surface area contributed by atoms with Gasteiger partial charge in [0, 0.05) is 13.1 Å².